The SMILES string of the molecule is CCCCCC(C)N1C(=O)c2ccc3c4c(ccc(c24)C1=O)C(=O)N(N1C(=O)c2ccc4c5c(ccc(c25)C1=O)C(=O)N(C(C)C)C4=O)C3=O. The van der Waals surface area contributed by atoms with E-state index in [0.29, 0.717) is 16.4 Å². The Bertz CT molecular complexity index is 2230. The Morgan fingerprint density at radius 1 is 0.420 bits per heavy atom. The number of benzene rings is 4. The van der Waals surface area contributed by atoms with Crippen LogP contribution in [0.25, 0.3) is 21.5 Å². The molecule has 1 atom stereocenters. The number of rotatable bonds is 7. The van der Waals surface area contributed by atoms with Crippen LogP contribution in [-0.2, 0) is 0 Å². The molecule has 0 N–H and O–H groups in total. The highest BCUT2D eigenvalue weighted by Gasteiger charge is 2.48. The van der Waals surface area contributed by atoms with E-state index in [0.717, 1.165) is 24.2 Å². The largest absolute Gasteiger partial charge is 0.281 e. The predicted octanol–water partition coefficient (Wildman–Crippen LogP) is 5.37. The monoisotopic (exact) mass is 670 g/mol. The minimum absolute atomic E-state index is 0.0631. The number of carbonyl (C=O) groups excluding carboxylic acids is 8. The zero-order valence-electron chi connectivity index (χ0n) is 27.7. The van der Waals surface area contributed by atoms with Crippen LogP contribution in [0.2, 0.25) is 0 Å². The van der Waals surface area contributed by atoms with Gasteiger partial charge in [-0.3, -0.25) is 48.2 Å². The lowest BCUT2D eigenvalue weighted by Crippen LogP contribution is -2.58. The summed E-state index contributed by atoms with van der Waals surface area (Å²) in [6.07, 6.45) is 3.42. The number of imide groups is 4. The Morgan fingerprint density at radius 3 is 0.980 bits per heavy atom. The maximum absolute atomic E-state index is 14.2. The van der Waals surface area contributed by atoms with Gasteiger partial charge in [0.1, 0.15) is 0 Å². The normalized spacial score (nSPS) is 17.4. The molecule has 4 aromatic rings. The summed E-state index contributed by atoms with van der Waals surface area (Å²) < 4.78 is 0. The van der Waals surface area contributed by atoms with E-state index < -0.39 is 53.3 Å². The molecule has 8 amide bonds. The van der Waals surface area contributed by atoms with E-state index in [2.05, 4.69) is 6.92 Å². The summed E-state index contributed by atoms with van der Waals surface area (Å²) in [4.78, 5) is 113. The molecular weight excluding hydrogens is 640 g/mol. The van der Waals surface area contributed by atoms with Gasteiger partial charge in [-0.15, -0.1) is 0 Å². The van der Waals surface area contributed by atoms with Crippen molar-refractivity contribution >= 4 is 68.8 Å². The molecule has 1 unspecified atom stereocenters. The number of amides is 8. The molecule has 8 rings (SSSR count). The van der Waals surface area contributed by atoms with Crippen molar-refractivity contribution in [2.75, 3.05) is 0 Å². The summed E-state index contributed by atoms with van der Waals surface area (Å²) in [5, 5.41) is 1.51. The summed E-state index contributed by atoms with van der Waals surface area (Å²) in [6, 6.07) is 10.3. The third-order valence-corrected chi connectivity index (χ3v) is 10.2. The average Bonchev–Trinajstić information content (AvgIpc) is 3.09. The second-order valence-corrected chi connectivity index (χ2v) is 13.4. The van der Waals surface area contributed by atoms with Gasteiger partial charge in [0.2, 0.25) is 0 Å². The van der Waals surface area contributed by atoms with Gasteiger partial charge in [-0.05, 0) is 75.7 Å². The highest BCUT2D eigenvalue weighted by atomic mass is 16.2. The van der Waals surface area contributed by atoms with Gasteiger partial charge in [0.25, 0.3) is 47.3 Å². The van der Waals surface area contributed by atoms with Crippen LogP contribution in [0.3, 0.4) is 0 Å². The second kappa shape index (κ2) is 10.7. The summed E-state index contributed by atoms with van der Waals surface area (Å²) >= 11 is 0. The Kier molecular flexibility index (Phi) is 6.70. The van der Waals surface area contributed by atoms with Crippen molar-refractivity contribution in [2.45, 2.75) is 65.5 Å². The molecule has 12 heteroatoms. The molecule has 50 heavy (non-hydrogen) atoms. The smallest absolute Gasteiger partial charge is 0.272 e. The molecule has 0 aliphatic carbocycles. The van der Waals surface area contributed by atoms with Gasteiger partial charge < -0.3 is 0 Å². The number of hydrazine groups is 1. The van der Waals surface area contributed by atoms with Crippen LogP contribution in [0.1, 0.15) is 136 Å². The van der Waals surface area contributed by atoms with Crippen LogP contribution in [0.15, 0.2) is 48.5 Å². The standard InChI is InChI=1S/C38H30N4O8/c1-5-6-7-8-18(4)40-33(45)21-11-15-25-30-26(16-12-22(28(21)30)34(40)46)38(50)42(37(25)49)41-35(47)23-13-9-19-27-20(10-14-24(29(23)27)36(41)48)32(44)39(17(2)3)31(19)43/h9-18H,5-8H2,1-4H3. The maximum atomic E-state index is 14.2. The minimum Gasteiger partial charge on any atom is -0.272 e. The summed E-state index contributed by atoms with van der Waals surface area (Å²) in [7, 11) is 0. The van der Waals surface area contributed by atoms with Gasteiger partial charge in [-0.2, -0.15) is 10.0 Å². The van der Waals surface area contributed by atoms with E-state index in [1.165, 1.54) is 53.4 Å². The van der Waals surface area contributed by atoms with Crippen molar-refractivity contribution in [3.63, 3.8) is 0 Å². The van der Waals surface area contributed by atoms with Gasteiger partial charge in [0, 0.05) is 55.9 Å². The molecule has 0 saturated carbocycles. The molecule has 12 nitrogen and oxygen atoms in total. The van der Waals surface area contributed by atoms with E-state index in [1.807, 2.05) is 6.92 Å². The first-order valence-electron chi connectivity index (χ1n) is 16.6. The number of unbranched alkanes of at least 4 members (excludes halogenated alkanes) is 2. The number of carbonyl (C=O) groups is 8. The molecular formula is C38H30N4O8. The van der Waals surface area contributed by atoms with E-state index >= 15 is 0 Å². The van der Waals surface area contributed by atoms with Crippen molar-refractivity contribution in [1.82, 2.24) is 19.8 Å². The number of hydrogen-bond donors (Lipinski definition) is 0. The average molecular weight is 671 g/mol. The second-order valence-electron chi connectivity index (χ2n) is 13.4. The molecule has 0 aromatic heterocycles. The van der Waals surface area contributed by atoms with Crippen LogP contribution in [-0.4, -0.2) is 79.2 Å². The first-order chi connectivity index (χ1) is 23.9. The summed E-state index contributed by atoms with van der Waals surface area (Å²) in [5.41, 5.74) is 0.392. The van der Waals surface area contributed by atoms with Crippen molar-refractivity contribution in [3.8, 4) is 0 Å². The maximum Gasteiger partial charge on any atom is 0.281 e. The fraction of sp³-hybridized carbons (Fsp3) is 0.263. The first-order valence-corrected chi connectivity index (χ1v) is 16.6. The third kappa shape index (κ3) is 3.86. The minimum atomic E-state index is -0.994. The fourth-order valence-corrected chi connectivity index (χ4v) is 7.81. The van der Waals surface area contributed by atoms with Crippen LogP contribution in [0.4, 0.5) is 0 Å². The molecule has 4 aliphatic rings. The quantitative estimate of drug-likeness (QED) is 0.188. The topological polar surface area (TPSA) is 150 Å². The lowest BCUT2D eigenvalue weighted by Gasteiger charge is -2.38. The highest BCUT2D eigenvalue weighted by Crippen LogP contribution is 2.42. The van der Waals surface area contributed by atoms with Crippen molar-refractivity contribution in [3.05, 3.63) is 93.0 Å². The summed E-state index contributed by atoms with van der Waals surface area (Å²) in [6.45, 7) is 7.29. The summed E-state index contributed by atoms with van der Waals surface area (Å²) in [5.74, 6) is -6.14. The molecule has 4 heterocycles. The molecule has 0 fully saturated rings. The molecule has 0 radical (unpaired) electrons. The van der Waals surface area contributed by atoms with E-state index in [4.69, 9.17) is 0 Å². The number of hydrogen-bond acceptors (Lipinski definition) is 8. The predicted molar refractivity (Wildman–Crippen MR) is 179 cm³/mol. The Morgan fingerprint density at radius 2 is 0.700 bits per heavy atom. The van der Waals surface area contributed by atoms with Gasteiger partial charge in [-0.1, -0.05) is 26.2 Å². The van der Waals surface area contributed by atoms with Gasteiger partial charge in [-0.25, -0.2) is 0 Å². The zero-order chi connectivity index (χ0) is 35.5. The molecule has 0 spiro atoms. The van der Waals surface area contributed by atoms with Gasteiger partial charge >= 0.3 is 0 Å². The fourth-order valence-electron chi connectivity index (χ4n) is 7.81. The molecule has 4 aromatic carbocycles. The van der Waals surface area contributed by atoms with Crippen molar-refractivity contribution < 1.29 is 38.4 Å². The van der Waals surface area contributed by atoms with Crippen LogP contribution in [0.5, 0.6) is 0 Å². The van der Waals surface area contributed by atoms with Gasteiger partial charge in [0.05, 0.1) is 22.3 Å². The molecule has 0 saturated heterocycles. The third-order valence-electron chi connectivity index (χ3n) is 10.2. The van der Waals surface area contributed by atoms with Gasteiger partial charge in [0.15, 0.2) is 0 Å². The Hall–Kier alpha value is -6.04. The lowest BCUT2D eigenvalue weighted by atomic mass is 9.85. The van der Waals surface area contributed by atoms with E-state index in [-0.39, 0.29) is 72.1 Å². The van der Waals surface area contributed by atoms with Crippen LogP contribution in [0, 0.1) is 0 Å². The molecule has 4 aliphatic heterocycles. The van der Waals surface area contributed by atoms with E-state index in [1.54, 1.807) is 13.8 Å². The van der Waals surface area contributed by atoms with Crippen LogP contribution >= 0.6 is 0 Å². The molecule has 0 bridgehead atoms. The lowest BCUT2D eigenvalue weighted by molar-refractivity contribution is 0.00211. The van der Waals surface area contributed by atoms with Crippen LogP contribution < -0.4 is 0 Å². The van der Waals surface area contributed by atoms with Crippen molar-refractivity contribution in [2.24, 2.45) is 0 Å². The highest BCUT2D eigenvalue weighted by molar-refractivity contribution is 6.37. The van der Waals surface area contributed by atoms with E-state index in [9.17, 15) is 38.4 Å². The number of nitrogens with zero attached hydrogens (tertiary/aromatic N) is 4. The Labute approximate surface area is 285 Å². The zero-order valence-corrected chi connectivity index (χ0v) is 27.7. The Balaban J connectivity index is 1.22. The first kappa shape index (κ1) is 31.2. The van der Waals surface area contributed by atoms with Crippen molar-refractivity contribution in [1.29, 1.82) is 0 Å². The molecule has 250 valence electrons.